The van der Waals surface area contributed by atoms with Gasteiger partial charge in [-0.25, -0.2) is 9.67 Å². The SMILES string of the molecule is Cc1cc(-n2ncc3ccccc32)ccc1COc1cc(N)nc2n[nH]nc12. The lowest BCUT2D eigenvalue weighted by Crippen LogP contribution is -2.02. The summed E-state index contributed by atoms with van der Waals surface area (Å²) >= 11 is 0. The van der Waals surface area contributed by atoms with E-state index in [1.165, 1.54) is 0 Å². The third-order valence-electron chi connectivity index (χ3n) is 4.71. The number of benzene rings is 2. The van der Waals surface area contributed by atoms with Crippen molar-refractivity contribution in [3.05, 3.63) is 65.9 Å². The first-order valence-electron chi connectivity index (χ1n) is 8.81. The molecule has 0 amide bonds. The van der Waals surface area contributed by atoms with Gasteiger partial charge in [-0.3, -0.25) is 0 Å². The van der Waals surface area contributed by atoms with Gasteiger partial charge in [-0.1, -0.05) is 24.3 Å². The Morgan fingerprint density at radius 1 is 1.11 bits per heavy atom. The van der Waals surface area contributed by atoms with Gasteiger partial charge in [-0.2, -0.15) is 15.4 Å². The van der Waals surface area contributed by atoms with Crippen molar-refractivity contribution < 1.29 is 4.74 Å². The molecule has 0 atom stereocenters. The van der Waals surface area contributed by atoms with Gasteiger partial charge in [0.1, 0.15) is 12.4 Å². The predicted octanol–water partition coefficient (Wildman–Crippen LogP) is 3.16. The Balaban J connectivity index is 1.43. The van der Waals surface area contributed by atoms with Crippen LogP contribution in [-0.2, 0) is 6.61 Å². The zero-order valence-electron chi connectivity index (χ0n) is 15.1. The minimum Gasteiger partial charge on any atom is -0.486 e. The maximum atomic E-state index is 5.96. The van der Waals surface area contributed by atoms with E-state index in [-0.39, 0.29) is 0 Å². The van der Waals surface area contributed by atoms with Crippen molar-refractivity contribution >= 4 is 27.9 Å². The molecule has 2 aromatic carbocycles. The lowest BCUT2D eigenvalue weighted by atomic mass is 10.1. The van der Waals surface area contributed by atoms with E-state index >= 15 is 0 Å². The number of hydrogen-bond acceptors (Lipinski definition) is 6. The van der Waals surface area contributed by atoms with Crippen molar-refractivity contribution in [3.63, 3.8) is 0 Å². The van der Waals surface area contributed by atoms with E-state index in [1.54, 1.807) is 6.07 Å². The van der Waals surface area contributed by atoms with Crippen molar-refractivity contribution in [3.8, 4) is 11.4 Å². The molecule has 0 aliphatic heterocycles. The first-order valence-corrected chi connectivity index (χ1v) is 8.81. The van der Waals surface area contributed by atoms with E-state index in [0.29, 0.717) is 29.3 Å². The Kier molecular flexibility index (Phi) is 3.68. The first kappa shape index (κ1) is 16.2. The van der Waals surface area contributed by atoms with Gasteiger partial charge in [0, 0.05) is 11.5 Å². The summed E-state index contributed by atoms with van der Waals surface area (Å²) in [6.45, 7) is 2.44. The summed E-state index contributed by atoms with van der Waals surface area (Å²) in [5.41, 5.74) is 11.1. The molecule has 0 unspecified atom stereocenters. The molecule has 0 saturated carbocycles. The van der Waals surface area contributed by atoms with Gasteiger partial charge < -0.3 is 10.5 Å². The second-order valence-corrected chi connectivity index (χ2v) is 6.56. The molecule has 3 heterocycles. The van der Waals surface area contributed by atoms with Gasteiger partial charge in [0.25, 0.3) is 0 Å². The van der Waals surface area contributed by atoms with E-state index in [4.69, 9.17) is 10.5 Å². The van der Waals surface area contributed by atoms with Crippen LogP contribution in [0.25, 0.3) is 27.8 Å². The van der Waals surface area contributed by atoms with Crippen LogP contribution in [0.2, 0.25) is 0 Å². The first-order chi connectivity index (χ1) is 13.7. The van der Waals surface area contributed by atoms with Crippen LogP contribution >= 0.6 is 0 Å². The highest BCUT2D eigenvalue weighted by molar-refractivity contribution is 5.80. The zero-order chi connectivity index (χ0) is 19.1. The van der Waals surface area contributed by atoms with E-state index in [1.807, 2.05) is 35.1 Å². The molecule has 0 radical (unpaired) electrons. The third-order valence-corrected chi connectivity index (χ3v) is 4.71. The topological polar surface area (TPSA) is 108 Å². The highest BCUT2D eigenvalue weighted by Crippen LogP contribution is 2.25. The number of H-pyrrole nitrogens is 1. The van der Waals surface area contributed by atoms with Crippen LogP contribution < -0.4 is 10.5 Å². The van der Waals surface area contributed by atoms with Crippen LogP contribution in [-0.4, -0.2) is 30.2 Å². The molecule has 8 nitrogen and oxygen atoms in total. The summed E-state index contributed by atoms with van der Waals surface area (Å²) in [4.78, 5) is 4.12. The van der Waals surface area contributed by atoms with Crippen molar-refractivity contribution in [1.29, 1.82) is 0 Å². The molecule has 0 spiro atoms. The summed E-state index contributed by atoms with van der Waals surface area (Å²) in [5.74, 6) is 0.895. The molecule has 0 aliphatic carbocycles. The molecule has 5 aromatic rings. The number of aryl methyl sites for hydroxylation is 1. The number of pyridine rings is 1. The fraction of sp³-hybridized carbons (Fsp3) is 0.100. The fourth-order valence-electron chi connectivity index (χ4n) is 3.24. The number of ether oxygens (including phenoxy) is 1. The Morgan fingerprint density at radius 2 is 2.00 bits per heavy atom. The van der Waals surface area contributed by atoms with E-state index in [9.17, 15) is 0 Å². The number of aromatic amines is 1. The van der Waals surface area contributed by atoms with Crippen molar-refractivity contribution in [2.24, 2.45) is 0 Å². The van der Waals surface area contributed by atoms with Crippen molar-refractivity contribution in [2.75, 3.05) is 5.73 Å². The average Bonchev–Trinajstić information content (AvgIpc) is 3.33. The Morgan fingerprint density at radius 3 is 2.89 bits per heavy atom. The van der Waals surface area contributed by atoms with Gasteiger partial charge in [0.05, 0.1) is 17.4 Å². The summed E-state index contributed by atoms with van der Waals surface area (Å²) in [5, 5.41) is 16.2. The summed E-state index contributed by atoms with van der Waals surface area (Å²) in [7, 11) is 0. The minimum atomic E-state index is 0.342. The van der Waals surface area contributed by atoms with Crippen LogP contribution in [0.1, 0.15) is 11.1 Å². The number of hydrogen-bond donors (Lipinski definition) is 2. The molecule has 0 fully saturated rings. The van der Waals surface area contributed by atoms with Crippen LogP contribution in [0.4, 0.5) is 5.82 Å². The number of nitrogens with one attached hydrogen (secondary N) is 1. The van der Waals surface area contributed by atoms with Crippen molar-refractivity contribution in [2.45, 2.75) is 13.5 Å². The number of anilines is 1. The quantitative estimate of drug-likeness (QED) is 0.502. The lowest BCUT2D eigenvalue weighted by molar-refractivity contribution is 0.308. The van der Waals surface area contributed by atoms with Crippen LogP contribution in [0.3, 0.4) is 0 Å². The number of para-hydroxylation sites is 1. The van der Waals surface area contributed by atoms with Crippen LogP contribution in [0, 0.1) is 6.92 Å². The molecular formula is C20H17N7O. The molecule has 28 heavy (non-hydrogen) atoms. The second-order valence-electron chi connectivity index (χ2n) is 6.56. The molecular weight excluding hydrogens is 354 g/mol. The molecule has 5 rings (SSSR count). The van der Waals surface area contributed by atoms with Crippen LogP contribution in [0.5, 0.6) is 5.75 Å². The number of fused-ring (bicyclic) bond motifs is 2. The lowest BCUT2D eigenvalue weighted by Gasteiger charge is -2.11. The van der Waals surface area contributed by atoms with Gasteiger partial charge >= 0.3 is 0 Å². The number of nitrogens with two attached hydrogens (primary N) is 1. The molecule has 0 aliphatic rings. The number of nitrogen functional groups attached to an aromatic ring is 1. The number of nitrogens with zero attached hydrogens (tertiary/aromatic N) is 5. The predicted molar refractivity (Wildman–Crippen MR) is 106 cm³/mol. The summed E-state index contributed by atoms with van der Waals surface area (Å²) < 4.78 is 7.90. The molecule has 8 heteroatoms. The third kappa shape index (κ3) is 2.71. The smallest absolute Gasteiger partial charge is 0.207 e. The Bertz CT molecular complexity index is 1300. The Labute approximate surface area is 160 Å². The molecule has 0 saturated heterocycles. The van der Waals surface area contributed by atoms with Gasteiger partial charge in [-0.05, 0) is 36.2 Å². The highest BCUT2D eigenvalue weighted by atomic mass is 16.5. The van der Waals surface area contributed by atoms with Gasteiger partial charge in [-0.15, -0.1) is 5.10 Å². The highest BCUT2D eigenvalue weighted by Gasteiger charge is 2.11. The number of rotatable bonds is 4. The molecule has 3 aromatic heterocycles. The van der Waals surface area contributed by atoms with E-state index in [2.05, 4.69) is 50.6 Å². The van der Waals surface area contributed by atoms with E-state index < -0.39 is 0 Å². The fourth-order valence-corrected chi connectivity index (χ4v) is 3.24. The monoisotopic (exact) mass is 371 g/mol. The molecule has 3 N–H and O–H groups in total. The minimum absolute atomic E-state index is 0.342. The van der Waals surface area contributed by atoms with Crippen LogP contribution in [0.15, 0.2) is 54.7 Å². The summed E-state index contributed by atoms with van der Waals surface area (Å²) in [6, 6.07) is 16.0. The van der Waals surface area contributed by atoms with Gasteiger partial charge in [0.15, 0.2) is 11.3 Å². The van der Waals surface area contributed by atoms with Gasteiger partial charge in [0.2, 0.25) is 5.65 Å². The largest absolute Gasteiger partial charge is 0.486 e. The van der Waals surface area contributed by atoms with E-state index in [0.717, 1.165) is 27.7 Å². The summed E-state index contributed by atoms with van der Waals surface area (Å²) in [6.07, 6.45) is 1.87. The maximum absolute atomic E-state index is 5.96. The normalized spacial score (nSPS) is 11.3. The Hall–Kier alpha value is -3.94. The molecule has 0 bridgehead atoms. The standard InChI is InChI=1S/C20H17N7O/c1-12-8-15(27-16-5-3-2-4-13(16)10-22-27)7-6-14(12)11-28-17-9-18(21)23-20-19(17)24-26-25-20/h2-10H,11H2,1H3,(H3,21,23,24,25,26). The van der Waals surface area contributed by atoms with Crippen molar-refractivity contribution in [1.82, 2.24) is 30.2 Å². The molecule has 138 valence electrons. The zero-order valence-corrected chi connectivity index (χ0v) is 15.1. The maximum Gasteiger partial charge on any atom is 0.207 e. The second kappa shape index (κ2) is 6.34. The average molecular weight is 371 g/mol. The number of aromatic nitrogens is 6.